The molecule has 0 saturated heterocycles. The number of alkyl halides is 1. The maximum absolute atomic E-state index is 13.7. The molecule has 3 rings (SSSR count). The average molecular weight is 293 g/mol. The van der Waals surface area contributed by atoms with Gasteiger partial charge in [0.25, 0.3) is 0 Å². The third-order valence-electron chi connectivity index (χ3n) is 3.47. The van der Waals surface area contributed by atoms with Gasteiger partial charge in [0.1, 0.15) is 5.82 Å². The minimum absolute atomic E-state index is 0.0428. The summed E-state index contributed by atoms with van der Waals surface area (Å²) in [7, 11) is 0. The van der Waals surface area contributed by atoms with Crippen LogP contribution in [0.1, 0.15) is 28.8 Å². The molecule has 0 aromatic heterocycles. The number of hydrogen-bond donors (Lipinski definition) is 0. The maximum atomic E-state index is 13.7. The molecular weight excluding hydrogens is 283 g/mol. The molecule has 3 heteroatoms. The van der Waals surface area contributed by atoms with E-state index in [9.17, 15) is 9.18 Å². The molecule has 17 heavy (non-hydrogen) atoms. The van der Waals surface area contributed by atoms with Crippen molar-refractivity contribution in [1.82, 2.24) is 0 Å². The van der Waals surface area contributed by atoms with Crippen molar-refractivity contribution in [2.75, 3.05) is 0 Å². The maximum Gasteiger partial charge on any atom is 0.177 e. The molecular formula is C14H10BrFO. The van der Waals surface area contributed by atoms with E-state index in [-0.39, 0.29) is 22.3 Å². The second kappa shape index (κ2) is 3.64. The highest BCUT2D eigenvalue weighted by molar-refractivity contribution is 9.10. The fraction of sp³-hybridized carbons (Fsp3) is 0.214. The first kappa shape index (κ1) is 10.9. The van der Waals surface area contributed by atoms with Crippen LogP contribution in [0.5, 0.6) is 0 Å². The normalized spacial score (nSPS) is 23.1. The van der Waals surface area contributed by atoms with Crippen LogP contribution in [0.4, 0.5) is 4.39 Å². The molecule has 0 spiro atoms. The number of carbonyl (C=O) groups excluding carboxylic acids is 1. The lowest BCUT2D eigenvalue weighted by Gasteiger charge is -2.26. The Labute approximate surface area is 107 Å². The second-order valence-electron chi connectivity index (χ2n) is 4.42. The number of halogens is 2. The van der Waals surface area contributed by atoms with Crippen LogP contribution in [0, 0.1) is 5.82 Å². The van der Waals surface area contributed by atoms with Gasteiger partial charge in [-0.3, -0.25) is 4.79 Å². The van der Waals surface area contributed by atoms with E-state index in [1.807, 2.05) is 19.1 Å². The highest BCUT2D eigenvalue weighted by Gasteiger charge is 2.32. The number of ketones is 1. The average Bonchev–Trinajstić information content (AvgIpc) is 2.35. The van der Waals surface area contributed by atoms with Gasteiger partial charge in [0.05, 0.1) is 4.83 Å². The van der Waals surface area contributed by atoms with E-state index in [0.29, 0.717) is 10.9 Å². The molecule has 2 aromatic rings. The van der Waals surface area contributed by atoms with Crippen molar-refractivity contribution in [1.29, 1.82) is 0 Å². The summed E-state index contributed by atoms with van der Waals surface area (Å²) >= 11 is 3.43. The standard InChI is InChI=1S/C14H10BrFO/c1-7-8-3-2-4-9-11(16)6-5-10(12(8)9)14(17)13(7)15/h2-7,13H,1H3. The van der Waals surface area contributed by atoms with Crippen LogP contribution >= 0.6 is 15.9 Å². The van der Waals surface area contributed by atoms with Gasteiger partial charge >= 0.3 is 0 Å². The Morgan fingerprint density at radius 3 is 2.76 bits per heavy atom. The molecule has 0 amide bonds. The summed E-state index contributed by atoms with van der Waals surface area (Å²) in [5.74, 6) is -0.152. The van der Waals surface area contributed by atoms with Gasteiger partial charge in [0.2, 0.25) is 0 Å². The fourth-order valence-electron chi connectivity index (χ4n) is 2.52. The molecule has 2 unspecified atom stereocenters. The Balaban J connectivity index is 2.50. The van der Waals surface area contributed by atoms with Crippen LogP contribution in [0.2, 0.25) is 0 Å². The first-order chi connectivity index (χ1) is 8.11. The van der Waals surface area contributed by atoms with E-state index >= 15 is 0 Å². The van der Waals surface area contributed by atoms with Gasteiger partial charge in [-0.2, -0.15) is 0 Å². The SMILES string of the molecule is CC1c2cccc3c(F)ccc(c23)C(=O)C1Br. The summed E-state index contributed by atoms with van der Waals surface area (Å²) < 4.78 is 13.7. The number of hydrogen-bond acceptors (Lipinski definition) is 1. The van der Waals surface area contributed by atoms with Crippen molar-refractivity contribution < 1.29 is 9.18 Å². The summed E-state index contributed by atoms with van der Waals surface area (Å²) in [5, 5.41) is 1.32. The van der Waals surface area contributed by atoms with Gasteiger partial charge in [0.15, 0.2) is 5.78 Å². The molecule has 0 aliphatic heterocycles. The molecule has 0 bridgehead atoms. The Hall–Kier alpha value is -1.22. The van der Waals surface area contributed by atoms with Gasteiger partial charge < -0.3 is 0 Å². The quantitative estimate of drug-likeness (QED) is 0.670. The Morgan fingerprint density at radius 1 is 1.24 bits per heavy atom. The van der Waals surface area contributed by atoms with E-state index in [1.54, 1.807) is 12.1 Å². The second-order valence-corrected chi connectivity index (χ2v) is 5.41. The van der Waals surface area contributed by atoms with Crippen LogP contribution in [0.3, 0.4) is 0 Å². The Bertz CT molecular complexity index is 635. The lowest BCUT2D eigenvalue weighted by molar-refractivity contribution is 0.0983. The first-order valence-electron chi connectivity index (χ1n) is 5.50. The topological polar surface area (TPSA) is 17.1 Å². The third kappa shape index (κ3) is 1.38. The van der Waals surface area contributed by atoms with Gasteiger partial charge in [-0.05, 0) is 23.1 Å². The predicted molar refractivity (Wildman–Crippen MR) is 69.4 cm³/mol. The largest absolute Gasteiger partial charge is 0.293 e. The predicted octanol–water partition coefficient (Wildman–Crippen LogP) is 4.04. The van der Waals surface area contributed by atoms with Crippen LogP contribution in [-0.2, 0) is 0 Å². The highest BCUT2D eigenvalue weighted by atomic mass is 79.9. The molecule has 0 fully saturated rings. The van der Waals surface area contributed by atoms with E-state index in [0.717, 1.165) is 10.9 Å². The molecule has 1 aliphatic carbocycles. The van der Waals surface area contributed by atoms with Crippen molar-refractivity contribution in [3.05, 3.63) is 47.3 Å². The summed E-state index contributed by atoms with van der Waals surface area (Å²) in [4.78, 5) is 11.9. The van der Waals surface area contributed by atoms with Crippen LogP contribution in [0.15, 0.2) is 30.3 Å². The minimum atomic E-state index is -0.265. The molecule has 86 valence electrons. The smallest absolute Gasteiger partial charge is 0.177 e. The van der Waals surface area contributed by atoms with Gasteiger partial charge in [-0.25, -0.2) is 4.39 Å². The zero-order chi connectivity index (χ0) is 12.2. The van der Waals surface area contributed by atoms with Gasteiger partial charge in [-0.15, -0.1) is 0 Å². The van der Waals surface area contributed by atoms with Crippen LogP contribution in [-0.4, -0.2) is 10.6 Å². The van der Waals surface area contributed by atoms with E-state index < -0.39 is 0 Å². The van der Waals surface area contributed by atoms with Crippen LogP contribution in [0.25, 0.3) is 10.8 Å². The van der Waals surface area contributed by atoms with Crippen LogP contribution < -0.4 is 0 Å². The summed E-state index contributed by atoms with van der Waals surface area (Å²) in [6, 6.07) is 8.50. The third-order valence-corrected chi connectivity index (χ3v) is 4.67. The summed E-state index contributed by atoms with van der Waals surface area (Å²) in [5.41, 5.74) is 1.66. The zero-order valence-electron chi connectivity index (χ0n) is 9.21. The minimum Gasteiger partial charge on any atom is -0.293 e. The van der Waals surface area contributed by atoms with Gasteiger partial charge in [-0.1, -0.05) is 41.1 Å². The number of Topliss-reactive ketones (excluding diaryl/α,β-unsaturated/α-hetero) is 1. The summed E-state index contributed by atoms with van der Waals surface area (Å²) in [6.07, 6.45) is 0. The lowest BCUT2D eigenvalue weighted by atomic mass is 9.81. The molecule has 0 N–H and O–H groups in total. The molecule has 2 aromatic carbocycles. The van der Waals surface area contributed by atoms with E-state index in [1.165, 1.54) is 6.07 Å². The van der Waals surface area contributed by atoms with Crippen molar-refractivity contribution in [2.45, 2.75) is 17.7 Å². The summed E-state index contributed by atoms with van der Waals surface area (Å²) in [6.45, 7) is 1.99. The van der Waals surface area contributed by atoms with Crippen molar-refractivity contribution in [2.24, 2.45) is 0 Å². The molecule has 0 heterocycles. The first-order valence-corrected chi connectivity index (χ1v) is 6.42. The van der Waals surface area contributed by atoms with Crippen molar-refractivity contribution >= 4 is 32.5 Å². The van der Waals surface area contributed by atoms with Gasteiger partial charge in [0, 0.05) is 16.9 Å². The lowest BCUT2D eigenvalue weighted by Crippen LogP contribution is -2.26. The number of benzene rings is 2. The number of carbonyl (C=O) groups is 1. The Kier molecular flexibility index (Phi) is 2.33. The van der Waals surface area contributed by atoms with E-state index in [2.05, 4.69) is 15.9 Å². The fourth-order valence-corrected chi connectivity index (χ4v) is 3.05. The molecule has 1 nitrogen and oxygen atoms in total. The monoisotopic (exact) mass is 292 g/mol. The van der Waals surface area contributed by atoms with E-state index in [4.69, 9.17) is 0 Å². The molecule has 2 atom stereocenters. The highest BCUT2D eigenvalue weighted by Crippen LogP contribution is 2.40. The molecule has 0 saturated carbocycles. The molecule has 1 aliphatic rings. The van der Waals surface area contributed by atoms with Crippen molar-refractivity contribution in [3.8, 4) is 0 Å². The Morgan fingerprint density at radius 2 is 2.00 bits per heavy atom. The molecule has 0 radical (unpaired) electrons. The zero-order valence-corrected chi connectivity index (χ0v) is 10.8. The van der Waals surface area contributed by atoms with Crippen molar-refractivity contribution in [3.63, 3.8) is 0 Å². The number of rotatable bonds is 0.